The Morgan fingerprint density at radius 1 is 1.05 bits per heavy atom. The summed E-state index contributed by atoms with van der Waals surface area (Å²) in [7, 11) is -2.63. The number of nitrogens with zero attached hydrogens (tertiary/aromatic N) is 4. The van der Waals surface area contributed by atoms with Gasteiger partial charge in [0.05, 0.1) is 22.6 Å². The number of nitrogens with one attached hydrogen (secondary N) is 1. The Labute approximate surface area is 247 Å². The van der Waals surface area contributed by atoms with Gasteiger partial charge in [-0.15, -0.1) is 0 Å². The molecule has 2 aliphatic rings. The van der Waals surface area contributed by atoms with Crippen LogP contribution in [0.15, 0.2) is 56.8 Å². The highest BCUT2D eigenvalue weighted by Gasteiger charge is 2.36. The molecule has 2 aromatic carbocycles. The first-order valence-electron chi connectivity index (χ1n) is 12.9. The van der Waals surface area contributed by atoms with Crippen LogP contribution in [0.4, 0.5) is 21.6 Å². The molecule has 11 nitrogen and oxygen atoms in total. The highest BCUT2D eigenvalue weighted by Crippen LogP contribution is 2.36. The molecule has 14 heteroatoms. The molecule has 2 aliphatic carbocycles. The Morgan fingerprint density at radius 2 is 1.76 bits per heavy atom. The van der Waals surface area contributed by atoms with Gasteiger partial charge in [0, 0.05) is 28.3 Å². The van der Waals surface area contributed by atoms with Gasteiger partial charge >= 0.3 is 5.69 Å². The van der Waals surface area contributed by atoms with Crippen LogP contribution >= 0.6 is 22.6 Å². The summed E-state index contributed by atoms with van der Waals surface area (Å²) in [6.45, 7) is 1.52. The van der Waals surface area contributed by atoms with Crippen LogP contribution in [0.2, 0.25) is 0 Å². The molecule has 0 saturated heterocycles. The molecule has 214 valence electrons. The van der Waals surface area contributed by atoms with Crippen LogP contribution < -0.4 is 31.6 Å². The van der Waals surface area contributed by atoms with Crippen molar-refractivity contribution in [3.63, 3.8) is 0 Å². The molecule has 3 N–H and O–H groups in total. The summed E-state index contributed by atoms with van der Waals surface area (Å²) in [5, 5.41) is 8.49. The van der Waals surface area contributed by atoms with E-state index in [2.05, 4.69) is 5.32 Å². The topological polar surface area (TPSA) is 141 Å². The number of aryl methyl sites for hydroxylation is 1. The van der Waals surface area contributed by atoms with Crippen LogP contribution in [-0.2, 0) is 17.3 Å². The number of pyridine rings is 1. The average Bonchev–Trinajstić information content (AvgIpc) is 3.82. The monoisotopic (exact) mass is 692 g/mol. The lowest BCUT2D eigenvalue weighted by atomic mass is 10.1. The van der Waals surface area contributed by atoms with Crippen molar-refractivity contribution in [1.29, 1.82) is 0 Å². The second-order valence-electron chi connectivity index (χ2n) is 10.4. The highest BCUT2D eigenvalue weighted by atomic mass is 127. The number of anilines is 3. The number of fused-ring (bicyclic) bond motifs is 1. The van der Waals surface area contributed by atoms with E-state index in [0.29, 0.717) is 29.3 Å². The normalized spacial score (nSPS) is 15.3. The van der Waals surface area contributed by atoms with Crippen molar-refractivity contribution in [2.75, 3.05) is 9.62 Å². The van der Waals surface area contributed by atoms with Crippen molar-refractivity contribution in [2.45, 2.75) is 44.7 Å². The van der Waals surface area contributed by atoms with Crippen LogP contribution in [-0.4, -0.2) is 28.2 Å². The van der Waals surface area contributed by atoms with E-state index >= 15 is 0 Å². The molecule has 2 saturated carbocycles. The third-order valence-corrected chi connectivity index (χ3v) is 9.16. The first-order chi connectivity index (χ1) is 19.4. The Balaban J connectivity index is 1.69. The van der Waals surface area contributed by atoms with E-state index in [1.54, 1.807) is 24.3 Å². The van der Waals surface area contributed by atoms with Gasteiger partial charge in [-0.25, -0.2) is 14.3 Å². The van der Waals surface area contributed by atoms with E-state index in [0.717, 1.165) is 8.87 Å². The number of aromatic nitrogens is 3. The number of nitrogens with two attached hydrogens (primary N) is 1. The minimum absolute atomic E-state index is 0.0316. The van der Waals surface area contributed by atoms with Gasteiger partial charge in [0.1, 0.15) is 17.0 Å². The molecule has 0 spiro atoms. The smallest absolute Gasteiger partial charge is 0.336 e. The van der Waals surface area contributed by atoms with Crippen LogP contribution in [0.5, 0.6) is 0 Å². The van der Waals surface area contributed by atoms with Gasteiger partial charge in [-0.2, -0.15) is 8.42 Å². The summed E-state index contributed by atoms with van der Waals surface area (Å²) in [4.78, 5) is 41.5. The Hall–Kier alpha value is -3.50. The largest absolute Gasteiger partial charge is 0.338 e. The maximum absolute atomic E-state index is 14.9. The summed E-state index contributed by atoms with van der Waals surface area (Å²) >= 11 is 1.98. The van der Waals surface area contributed by atoms with E-state index in [9.17, 15) is 27.2 Å². The molecule has 0 radical (unpaired) electrons. The Morgan fingerprint density at radius 3 is 2.37 bits per heavy atom. The van der Waals surface area contributed by atoms with Gasteiger partial charge in [-0.1, -0.05) is 6.07 Å². The van der Waals surface area contributed by atoms with Crippen molar-refractivity contribution >= 4 is 60.9 Å². The fourth-order valence-corrected chi connectivity index (χ4v) is 6.70. The van der Waals surface area contributed by atoms with E-state index in [-0.39, 0.29) is 51.4 Å². The van der Waals surface area contributed by atoms with Gasteiger partial charge in [0.2, 0.25) is 0 Å². The van der Waals surface area contributed by atoms with Crippen LogP contribution in [0, 0.1) is 16.3 Å². The molecule has 2 heterocycles. The minimum Gasteiger partial charge on any atom is -0.338 e. The molecule has 0 atom stereocenters. The van der Waals surface area contributed by atoms with E-state index in [1.807, 2.05) is 22.6 Å². The lowest BCUT2D eigenvalue weighted by Crippen LogP contribution is -2.41. The van der Waals surface area contributed by atoms with E-state index in [1.165, 1.54) is 41.3 Å². The zero-order chi connectivity index (χ0) is 29.4. The lowest BCUT2D eigenvalue weighted by Gasteiger charge is -2.23. The van der Waals surface area contributed by atoms with E-state index < -0.39 is 32.8 Å². The summed E-state index contributed by atoms with van der Waals surface area (Å²) in [5.74, 6) is -0.547. The molecule has 2 aromatic heterocycles. The van der Waals surface area contributed by atoms with Crippen molar-refractivity contribution < 1.29 is 12.8 Å². The van der Waals surface area contributed by atoms with Crippen LogP contribution in [0.25, 0.3) is 16.6 Å². The SMILES string of the molecule is Cc1c(=O)n(C)c(Nc2ccc(I)cc2F)c2c(=O)n(C3CC3)c(=O)n(-c3cccc(N(C4CC4)S(N)(=O)=O)c3)c12. The molecule has 0 unspecified atom stereocenters. The molecule has 0 bridgehead atoms. The standard InChI is InChI=1S/C27H26FIN6O5S/c1-14-23-22(24(32(2)25(14)36)31-21-11-6-15(29)12-20(21)28)26(37)34(16-7-8-16)27(38)33(23)18-4-3-5-19(13-18)35(17-9-10-17)41(30,39)40/h3-6,11-13,16-17,31H,7-10H2,1-2H3,(H2,30,39,40). The van der Waals surface area contributed by atoms with Crippen LogP contribution in [0.3, 0.4) is 0 Å². The van der Waals surface area contributed by atoms with Gasteiger partial charge in [0.15, 0.2) is 0 Å². The summed E-state index contributed by atoms with van der Waals surface area (Å²) in [6.07, 6.45) is 2.55. The predicted molar refractivity (Wildman–Crippen MR) is 163 cm³/mol. The lowest BCUT2D eigenvalue weighted by molar-refractivity contribution is 0.592. The third-order valence-electron chi connectivity index (χ3n) is 7.43. The molecule has 0 amide bonds. The molecule has 41 heavy (non-hydrogen) atoms. The van der Waals surface area contributed by atoms with Gasteiger partial charge in [-0.3, -0.25) is 27.6 Å². The second kappa shape index (κ2) is 9.80. The van der Waals surface area contributed by atoms with Gasteiger partial charge in [-0.05, 0) is 91.6 Å². The summed E-state index contributed by atoms with van der Waals surface area (Å²) < 4.78 is 45.2. The predicted octanol–water partition coefficient (Wildman–Crippen LogP) is 3.15. The number of rotatable bonds is 7. The summed E-state index contributed by atoms with van der Waals surface area (Å²) in [5.41, 5.74) is -1.00. The number of halogens is 2. The quantitative estimate of drug-likeness (QED) is 0.285. The van der Waals surface area contributed by atoms with Crippen molar-refractivity contribution in [1.82, 2.24) is 13.7 Å². The first-order valence-corrected chi connectivity index (χ1v) is 15.5. The molecule has 6 rings (SSSR count). The number of hydrogen-bond donors (Lipinski definition) is 2. The first kappa shape index (κ1) is 27.7. The van der Waals surface area contributed by atoms with E-state index in [4.69, 9.17) is 5.14 Å². The molecule has 4 aromatic rings. The maximum Gasteiger partial charge on any atom is 0.336 e. The van der Waals surface area contributed by atoms with Gasteiger partial charge < -0.3 is 5.32 Å². The number of hydrogen-bond acceptors (Lipinski definition) is 6. The average molecular weight is 693 g/mol. The second-order valence-corrected chi connectivity index (χ2v) is 13.1. The molecular weight excluding hydrogens is 666 g/mol. The molecule has 0 aliphatic heterocycles. The Kier molecular flexibility index (Phi) is 6.61. The highest BCUT2D eigenvalue weighted by molar-refractivity contribution is 14.1. The Bertz CT molecular complexity index is 2050. The zero-order valence-corrected chi connectivity index (χ0v) is 25.1. The number of benzene rings is 2. The minimum atomic E-state index is -4.10. The molecule has 2 fully saturated rings. The third kappa shape index (κ3) is 4.76. The van der Waals surface area contributed by atoms with Crippen molar-refractivity contribution in [3.05, 3.63) is 88.6 Å². The van der Waals surface area contributed by atoms with Crippen molar-refractivity contribution in [2.24, 2.45) is 12.2 Å². The van der Waals surface area contributed by atoms with Crippen molar-refractivity contribution in [3.8, 4) is 5.69 Å². The zero-order valence-electron chi connectivity index (χ0n) is 22.1. The van der Waals surface area contributed by atoms with Crippen LogP contribution in [0.1, 0.15) is 37.3 Å². The van der Waals surface area contributed by atoms with Gasteiger partial charge in [0.25, 0.3) is 21.3 Å². The fourth-order valence-electron chi connectivity index (χ4n) is 5.22. The fraction of sp³-hybridized carbons (Fsp3) is 0.296. The maximum atomic E-state index is 14.9. The molecular formula is C27H26FIN6O5S. The summed E-state index contributed by atoms with van der Waals surface area (Å²) in [6, 6.07) is 10.2.